The topological polar surface area (TPSA) is 96.9 Å². The van der Waals surface area contributed by atoms with E-state index in [4.69, 9.17) is 0 Å². The third kappa shape index (κ3) is 3.21. The second kappa shape index (κ2) is 6.17. The number of amides is 1. The molecule has 2 aromatic heterocycles. The summed E-state index contributed by atoms with van der Waals surface area (Å²) in [5, 5.41) is 8.20. The van der Waals surface area contributed by atoms with Crippen LogP contribution in [0.15, 0.2) is 39.2 Å². The molecule has 0 unspecified atom stereocenters. The number of rotatable bonds is 4. The summed E-state index contributed by atoms with van der Waals surface area (Å²) in [4.78, 5) is 40.3. The van der Waals surface area contributed by atoms with E-state index < -0.39 is 0 Å². The molecule has 3 rings (SSSR count). The molecular weight excluding hydrogens is 316 g/mol. The monoisotopic (exact) mass is 330 g/mol. The fraction of sp³-hybridized carbons (Fsp3) is 0.200. The largest absolute Gasteiger partial charge is 0.302 e. The first-order valence-electron chi connectivity index (χ1n) is 6.98. The van der Waals surface area contributed by atoms with E-state index in [1.165, 1.54) is 11.3 Å². The summed E-state index contributed by atoms with van der Waals surface area (Å²) >= 11 is 1.34. The van der Waals surface area contributed by atoms with Crippen molar-refractivity contribution in [2.24, 2.45) is 0 Å². The van der Waals surface area contributed by atoms with Gasteiger partial charge in [0.25, 0.3) is 11.1 Å². The van der Waals surface area contributed by atoms with Crippen molar-refractivity contribution in [3.8, 4) is 0 Å². The highest BCUT2D eigenvalue weighted by Crippen LogP contribution is 2.14. The van der Waals surface area contributed by atoms with Gasteiger partial charge in [-0.2, -0.15) is 0 Å². The van der Waals surface area contributed by atoms with Crippen molar-refractivity contribution >= 4 is 33.1 Å². The van der Waals surface area contributed by atoms with E-state index in [-0.39, 0.29) is 30.0 Å². The number of fused-ring (bicyclic) bond motifs is 1. The molecule has 0 saturated heterocycles. The average Bonchev–Trinajstić information content (AvgIpc) is 2.94. The number of anilines is 1. The predicted molar refractivity (Wildman–Crippen MR) is 88.9 cm³/mol. The lowest BCUT2D eigenvalue weighted by Crippen LogP contribution is -2.31. The van der Waals surface area contributed by atoms with E-state index in [1.54, 1.807) is 24.3 Å². The number of carbonyl (C=O) groups is 1. The Morgan fingerprint density at radius 3 is 2.74 bits per heavy atom. The van der Waals surface area contributed by atoms with Crippen LogP contribution in [-0.2, 0) is 11.3 Å². The van der Waals surface area contributed by atoms with E-state index in [2.05, 4.69) is 15.4 Å². The second-order valence-electron chi connectivity index (χ2n) is 5.04. The van der Waals surface area contributed by atoms with E-state index in [1.807, 2.05) is 12.3 Å². The Bertz CT molecular complexity index is 986. The van der Waals surface area contributed by atoms with Crippen molar-refractivity contribution in [3.63, 3.8) is 0 Å². The Kier molecular flexibility index (Phi) is 4.07. The highest BCUT2D eigenvalue weighted by atomic mass is 32.1. The third-order valence-electron chi connectivity index (χ3n) is 3.31. The minimum atomic E-state index is -0.351. The van der Waals surface area contributed by atoms with Crippen LogP contribution in [0.4, 0.5) is 5.13 Å². The summed E-state index contributed by atoms with van der Waals surface area (Å²) in [7, 11) is 0. The van der Waals surface area contributed by atoms with Crippen LogP contribution in [0.2, 0.25) is 0 Å². The van der Waals surface area contributed by atoms with Gasteiger partial charge in [-0.3, -0.25) is 19.5 Å². The van der Waals surface area contributed by atoms with Gasteiger partial charge >= 0.3 is 0 Å². The van der Waals surface area contributed by atoms with Crippen LogP contribution in [0.5, 0.6) is 0 Å². The average molecular weight is 330 g/mol. The molecule has 118 valence electrons. The Morgan fingerprint density at radius 2 is 2.04 bits per heavy atom. The molecular formula is C15H14N4O3S. The van der Waals surface area contributed by atoms with Crippen molar-refractivity contribution in [1.82, 2.24) is 14.8 Å². The molecule has 0 fully saturated rings. The molecule has 0 spiro atoms. The lowest BCUT2D eigenvalue weighted by Gasteiger charge is -2.07. The molecule has 0 bridgehead atoms. The molecule has 0 atom stereocenters. The zero-order chi connectivity index (χ0) is 16.4. The Hall–Kier alpha value is -2.74. The summed E-state index contributed by atoms with van der Waals surface area (Å²) in [6.45, 7) is 1.93. The van der Waals surface area contributed by atoms with Gasteiger partial charge in [-0.05, 0) is 19.1 Å². The maximum Gasteiger partial charge on any atom is 0.273 e. The standard InChI is InChI=1S/C15H14N4O3S/c1-9-8-23-15(16-9)17-12(20)6-7-19-14(22)11-5-3-2-4-10(11)13(21)18-19/h2-5,8H,6-7H2,1H3,(H,18,21)(H,16,17,20). The molecule has 3 aromatic rings. The van der Waals surface area contributed by atoms with Crippen LogP contribution in [0.3, 0.4) is 0 Å². The lowest BCUT2D eigenvalue weighted by molar-refractivity contribution is -0.116. The number of carbonyl (C=O) groups excluding carboxylic acids is 1. The quantitative estimate of drug-likeness (QED) is 0.757. The molecule has 0 radical (unpaired) electrons. The second-order valence-corrected chi connectivity index (χ2v) is 5.89. The first-order valence-corrected chi connectivity index (χ1v) is 7.86. The van der Waals surface area contributed by atoms with Gasteiger partial charge in [-0.1, -0.05) is 12.1 Å². The number of hydrogen-bond donors (Lipinski definition) is 2. The Morgan fingerprint density at radius 1 is 1.30 bits per heavy atom. The maximum absolute atomic E-state index is 12.3. The number of thiazole rings is 1. The van der Waals surface area contributed by atoms with Gasteiger partial charge in [0.05, 0.1) is 23.0 Å². The molecule has 0 aliphatic carbocycles. The van der Waals surface area contributed by atoms with Crippen molar-refractivity contribution in [1.29, 1.82) is 0 Å². The number of benzene rings is 1. The Balaban J connectivity index is 1.77. The van der Waals surface area contributed by atoms with Gasteiger partial charge in [-0.15, -0.1) is 11.3 Å². The summed E-state index contributed by atoms with van der Waals surface area (Å²) < 4.78 is 1.16. The van der Waals surface area contributed by atoms with E-state index in [0.717, 1.165) is 10.4 Å². The summed E-state index contributed by atoms with van der Waals surface area (Å²) in [5.74, 6) is -0.264. The smallest absolute Gasteiger partial charge is 0.273 e. The van der Waals surface area contributed by atoms with Gasteiger partial charge in [-0.25, -0.2) is 9.67 Å². The number of aromatic amines is 1. The highest BCUT2D eigenvalue weighted by molar-refractivity contribution is 7.13. The number of H-pyrrole nitrogens is 1. The number of aryl methyl sites for hydroxylation is 2. The summed E-state index contributed by atoms with van der Waals surface area (Å²) in [5.41, 5.74) is 0.162. The summed E-state index contributed by atoms with van der Waals surface area (Å²) in [6.07, 6.45) is 0.0623. The van der Waals surface area contributed by atoms with Crippen LogP contribution in [0.1, 0.15) is 12.1 Å². The van der Waals surface area contributed by atoms with Gasteiger partial charge in [0.15, 0.2) is 5.13 Å². The zero-order valence-electron chi connectivity index (χ0n) is 12.3. The molecule has 0 saturated carbocycles. The fourth-order valence-corrected chi connectivity index (χ4v) is 2.91. The van der Waals surface area contributed by atoms with Crippen molar-refractivity contribution in [3.05, 3.63) is 56.0 Å². The summed E-state index contributed by atoms with van der Waals surface area (Å²) in [6, 6.07) is 6.59. The van der Waals surface area contributed by atoms with Crippen LogP contribution in [-0.4, -0.2) is 20.7 Å². The minimum absolute atomic E-state index is 0.0623. The number of nitrogens with zero attached hydrogens (tertiary/aromatic N) is 2. The molecule has 2 N–H and O–H groups in total. The molecule has 1 amide bonds. The molecule has 0 aliphatic rings. The normalized spacial score (nSPS) is 10.8. The fourth-order valence-electron chi connectivity index (χ4n) is 2.21. The zero-order valence-corrected chi connectivity index (χ0v) is 13.1. The Labute approximate surface area is 134 Å². The van der Waals surface area contributed by atoms with Crippen molar-refractivity contribution in [2.75, 3.05) is 5.32 Å². The van der Waals surface area contributed by atoms with Crippen LogP contribution in [0, 0.1) is 6.92 Å². The van der Waals surface area contributed by atoms with Gasteiger partial charge in [0.1, 0.15) is 0 Å². The number of nitrogens with one attached hydrogen (secondary N) is 2. The van der Waals surface area contributed by atoms with E-state index in [0.29, 0.717) is 15.9 Å². The van der Waals surface area contributed by atoms with E-state index in [9.17, 15) is 14.4 Å². The molecule has 8 heteroatoms. The van der Waals surface area contributed by atoms with Crippen LogP contribution < -0.4 is 16.4 Å². The predicted octanol–water partition coefficient (Wildman–Crippen LogP) is 1.48. The number of aromatic nitrogens is 3. The van der Waals surface area contributed by atoms with Crippen LogP contribution >= 0.6 is 11.3 Å². The first-order chi connectivity index (χ1) is 11.0. The minimum Gasteiger partial charge on any atom is -0.302 e. The molecule has 23 heavy (non-hydrogen) atoms. The van der Waals surface area contributed by atoms with Gasteiger partial charge in [0.2, 0.25) is 5.91 Å². The van der Waals surface area contributed by atoms with Crippen molar-refractivity contribution < 1.29 is 4.79 Å². The first kappa shape index (κ1) is 15.2. The van der Waals surface area contributed by atoms with Gasteiger partial charge < -0.3 is 5.32 Å². The lowest BCUT2D eigenvalue weighted by atomic mass is 10.2. The SMILES string of the molecule is Cc1csc(NC(=O)CCn2[nH]c(=O)c3ccccc3c2=O)n1. The highest BCUT2D eigenvalue weighted by Gasteiger charge is 2.09. The van der Waals surface area contributed by atoms with Crippen molar-refractivity contribution in [2.45, 2.75) is 19.9 Å². The molecule has 1 aromatic carbocycles. The third-order valence-corrected chi connectivity index (χ3v) is 4.19. The van der Waals surface area contributed by atoms with Gasteiger partial charge in [0, 0.05) is 11.8 Å². The van der Waals surface area contributed by atoms with E-state index >= 15 is 0 Å². The maximum atomic E-state index is 12.3. The molecule has 2 heterocycles. The van der Waals surface area contributed by atoms with Crippen LogP contribution in [0.25, 0.3) is 10.8 Å². The molecule has 7 nitrogen and oxygen atoms in total. The number of hydrogen-bond acceptors (Lipinski definition) is 5. The molecule has 0 aliphatic heterocycles.